The standard InChI is InChI=1S/C19H22F6N4O2/c20-18(21,22)11-26-16(30)15-4-3-9-29(15)17(31)27-13-10-12(19(23,24)25)5-6-14(13)28-7-1-2-8-28/h5-6,10,15H,1-4,7-9,11H2,(H,26,30)(H,27,31). The highest BCUT2D eigenvalue weighted by Crippen LogP contribution is 2.37. The second-order valence-corrected chi connectivity index (χ2v) is 7.54. The van der Waals surface area contributed by atoms with Gasteiger partial charge in [0.1, 0.15) is 12.6 Å². The highest BCUT2D eigenvalue weighted by atomic mass is 19.4. The number of hydrogen-bond acceptors (Lipinski definition) is 3. The Morgan fingerprint density at radius 3 is 2.29 bits per heavy atom. The summed E-state index contributed by atoms with van der Waals surface area (Å²) < 4.78 is 76.7. The number of nitrogens with one attached hydrogen (secondary N) is 2. The predicted molar refractivity (Wildman–Crippen MR) is 101 cm³/mol. The van der Waals surface area contributed by atoms with Crippen molar-refractivity contribution < 1.29 is 35.9 Å². The SMILES string of the molecule is O=C(NCC(F)(F)F)C1CCCN1C(=O)Nc1cc(C(F)(F)F)ccc1N1CCCC1. The van der Waals surface area contributed by atoms with E-state index < -0.39 is 42.4 Å². The number of alkyl halides is 6. The molecule has 1 aromatic rings. The molecule has 3 rings (SSSR count). The van der Waals surface area contributed by atoms with Gasteiger partial charge in [-0.05, 0) is 43.9 Å². The van der Waals surface area contributed by atoms with Crippen molar-refractivity contribution >= 4 is 23.3 Å². The lowest BCUT2D eigenvalue weighted by molar-refractivity contribution is -0.140. The fourth-order valence-electron chi connectivity index (χ4n) is 3.82. The van der Waals surface area contributed by atoms with Gasteiger partial charge in [-0.3, -0.25) is 4.79 Å². The number of amides is 3. The van der Waals surface area contributed by atoms with Gasteiger partial charge >= 0.3 is 18.4 Å². The maximum absolute atomic E-state index is 13.2. The summed E-state index contributed by atoms with van der Waals surface area (Å²) in [5.41, 5.74) is -0.564. The highest BCUT2D eigenvalue weighted by molar-refractivity contribution is 5.96. The van der Waals surface area contributed by atoms with E-state index in [-0.39, 0.29) is 18.7 Å². The Balaban J connectivity index is 1.78. The minimum absolute atomic E-state index is 0.0527. The van der Waals surface area contributed by atoms with Crippen molar-refractivity contribution in [1.82, 2.24) is 10.2 Å². The lowest BCUT2D eigenvalue weighted by atomic mass is 10.1. The van der Waals surface area contributed by atoms with Gasteiger partial charge in [-0.15, -0.1) is 0 Å². The molecule has 0 aliphatic carbocycles. The van der Waals surface area contributed by atoms with Gasteiger partial charge in [0.05, 0.1) is 16.9 Å². The number of urea groups is 1. The van der Waals surface area contributed by atoms with Crippen LogP contribution in [0.5, 0.6) is 0 Å². The van der Waals surface area contributed by atoms with E-state index in [2.05, 4.69) is 5.32 Å². The van der Waals surface area contributed by atoms with Crippen LogP contribution in [0.2, 0.25) is 0 Å². The Hall–Kier alpha value is -2.66. The number of carbonyl (C=O) groups is 2. The zero-order valence-electron chi connectivity index (χ0n) is 16.4. The van der Waals surface area contributed by atoms with Gasteiger partial charge in [-0.25, -0.2) is 4.79 Å². The third-order valence-electron chi connectivity index (χ3n) is 5.29. The molecule has 2 saturated heterocycles. The van der Waals surface area contributed by atoms with Crippen LogP contribution in [0.25, 0.3) is 0 Å². The largest absolute Gasteiger partial charge is 0.416 e. The second-order valence-electron chi connectivity index (χ2n) is 7.54. The summed E-state index contributed by atoms with van der Waals surface area (Å²) in [6.07, 6.45) is -6.93. The number of halogens is 6. The predicted octanol–water partition coefficient (Wildman–Crippen LogP) is 3.98. The van der Waals surface area contributed by atoms with Crippen LogP contribution in [0.4, 0.5) is 42.5 Å². The first kappa shape index (κ1) is 23.0. The van der Waals surface area contributed by atoms with E-state index in [9.17, 15) is 35.9 Å². The summed E-state index contributed by atoms with van der Waals surface area (Å²) in [5, 5.41) is 4.20. The Labute approximate surface area is 174 Å². The molecule has 12 heteroatoms. The topological polar surface area (TPSA) is 64.7 Å². The maximum atomic E-state index is 13.2. The molecule has 0 aromatic heterocycles. The van der Waals surface area contributed by atoms with Crippen LogP contribution in [0.3, 0.4) is 0 Å². The summed E-state index contributed by atoms with van der Waals surface area (Å²) in [4.78, 5) is 27.8. The lowest BCUT2D eigenvalue weighted by Gasteiger charge is -2.27. The summed E-state index contributed by atoms with van der Waals surface area (Å²) >= 11 is 0. The zero-order chi connectivity index (χ0) is 22.8. The van der Waals surface area contributed by atoms with Crippen LogP contribution in [0.15, 0.2) is 18.2 Å². The molecule has 2 aliphatic heterocycles. The first-order valence-electron chi connectivity index (χ1n) is 9.84. The van der Waals surface area contributed by atoms with Crippen molar-refractivity contribution in [3.63, 3.8) is 0 Å². The lowest BCUT2D eigenvalue weighted by Crippen LogP contribution is -2.49. The first-order chi connectivity index (χ1) is 14.5. The van der Waals surface area contributed by atoms with Crippen molar-refractivity contribution in [2.45, 2.75) is 44.1 Å². The van der Waals surface area contributed by atoms with Crippen LogP contribution in [-0.2, 0) is 11.0 Å². The van der Waals surface area contributed by atoms with Crippen LogP contribution >= 0.6 is 0 Å². The van der Waals surface area contributed by atoms with Crippen molar-refractivity contribution in [3.8, 4) is 0 Å². The average molecular weight is 452 g/mol. The molecule has 6 nitrogen and oxygen atoms in total. The van der Waals surface area contributed by atoms with Gasteiger partial charge in [0.25, 0.3) is 0 Å². The summed E-state index contributed by atoms with van der Waals surface area (Å²) in [6, 6.07) is 1.11. The van der Waals surface area contributed by atoms with Gasteiger partial charge in [0.15, 0.2) is 0 Å². The average Bonchev–Trinajstić information content (AvgIpc) is 3.36. The summed E-state index contributed by atoms with van der Waals surface area (Å²) in [6.45, 7) is -0.167. The van der Waals surface area contributed by atoms with E-state index in [4.69, 9.17) is 0 Å². The number of nitrogens with zero attached hydrogens (tertiary/aromatic N) is 2. The van der Waals surface area contributed by atoms with Crippen molar-refractivity contribution in [2.75, 3.05) is 36.4 Å². The highest BCUT2D eigenvalue weighted by Gasteiger charge is 2.37. The molecule has 1 atom stereocenters. The van der Waals surface area contributed by atoms with Crippen molar-refractivity contribution in [2.24, 2.45) is 0 Å². The van der Waals surface area contributed by atoms with Crippen molar-refractivity contribution in [3.05, 3.63) is 23.8 Å². The fourth-order valence-corrected chi connectivity index (χ4v) is 3.82. The van der Waals surface area contributed by atoms with E-state index in [0.29, 0.717) is 25.2 Å². The smallest absolute Gasteiger partial charge is 0.370 e. The van der Waals surface area contributed by atoms with Gasteiger partial charge in [0.2, 0.25) is 5.91 Å². The van der Waals surface area contributed by atoms with Gasteiger partial charge in [-0.1, -0.05) is 0 Å². The van der Waals surface area contributed by atoms with E-state index >= 15 is 0 Å². The number of carbonyl (C=O) groups excluding carboxylic acids is 2. The van der Waals surface area contributed by atoms with Gasteiger partial charge < -0.3 is 20.4 Å². The molecule has 0 spiro atoms. The van der Waals surface area contributed by atoms with Gasteiger partial charge in [-0.2, -0.15) is 26.3 Å². The number of likely N-dealkylation sites (tertiary alicyclic amines) is 1. The van der Waals surface area contributed by atoms with Crippen molar-refractivity contribution in [1.29, 1.82) is 0 Å². The molecule has 0 bridgehead atoms. The van der Waals surface area contributed by atoms with Crippen LogP contribution < -0.4 is 15.5 Å². The summed E-state index contributed by atoms with van der Waals surface area (Å²) in [7, 11) is 0. The number of anilines is 2. The van der Waals surface area contributed by atoms with E-state index in [1.807, 2.05) is 4.90 Å². The Morgan fingerprint density at radius 2 is 1.68 bits per heavy atom. The fraction of sp³-hybridized carbons (Fsp3) is 0.579. The normalized spacial score (nSPS) is 19.6. The van der Waals surface area contributed by atoms with Crippen LogP contribution in [0.1, 0.15) is 31.2 Å². The molecule has 2 aliphatic rings. The number of rotatable bonds is 4. The van der Waals surface area contributed by atoms with Crippen LogP contribution in [-0.4, -0.2) is 55.2 Å². The zero-order valence-corrected chi connectivity index (χ0v) is 16.4. The molecule has 0 saturated carbocycles. The molecule has 3 amide bonds. The monoisotopic (exact) mass is 452 g/mol. The van der Waals surface area contributed by atoms with Gasteiger partial charge in [0, 0.05) is 19.6 Å². The molecule has 31 heavy (non-hydrogen) atoms. The minimum atomic E-state index is -4.61. The minimum Gasteiger partial charge on any atom is -0.370 e. The Bertz CT molecular complexity index is 821. The maximum Gasteiger partial charge on any atom is 0.416 e. The summed E-state index contributed by atoms with van der Waals surface area (Å²) in [5.74, 6) is -0.950. The molecular formula is C19H22F6N4O2. The van der Waals surface area contributed by atoms with Crippen LogP contribution in [0, 0.1) is 0 Å². The molecule has 0 radical (unpaired) electrons. The molecular weight excluding hydrogens is 430 g/mol. The quantitative estimate of drug-likeness (QED) is 0.680. The molecule has 1 aromatic carbocycles. The van der Waals surface area contributed by atoms with E-state index in [0.717, 1.165) is 29.9 Å². The molecule has 1 unspecified atom stereocenters. The number of benzene rings is 1. The number of hydrogen-bond donors (Lipinski definition) is 2. The molecule has 172 valence electrons. The first-order valence-corrected chi connectivity index (χ1v) is 9.84. The molecule has 2 fully saturated rings. The molecule has 2 N–H and O–H groups in total. The third kappa shape index (κ3) is 5.73. The van der Waals surface area contributed by atoms with E-state index in [1.54, 1.807) is 5.32 Å². The molecule has 2 heterocycles. The van der Waals surface area contributed by atoms with E-state index in [1.165, 1.54) is 6.07 Å². The second kappa shape index (κ2) is 8.83. The third-order valence-corrected chi connectivity index (χ3v) is 5.29. The Kier molecular flexibility index (Phi) is 6.56. The Morgan fingerprint density at radius 1 is 1.00 bits per heavy atom.